The molecular weight excluding hydrogens is 171 g/mol. The lowest BCUT2D eigenvalue weighted by atomic mass is 10.3. The number of halogens is 1. The number of hydrogen-bond donors (Lipinski definition) is 0. The van der Waals surface area contributed by atoms with E-state index in [0.717, 1.165) is 0 Å². The lowest BCUT2D eigenvalue weighted by molar-refractivity contribution is 0.628. The summed E-state index contributed by atoms with van der Waals surface area (Å²) in [5, 5.41) is 0. The van der Waals surface area contributed by atoms with Crippen LogP contribution in [0.5, 0.6) is 0 Å². The maximum atomic E-state index is 12.8. The van der Waals surface area contributed by atoms with Crippen molar-refractivity contribution >= 4 is 11.0 Å². The number of fused-ring (bicyclic) bond motifs is 1. The molecule has 0 aliphatic heterocycles. The molecule has 0 bridgehead atoms. The fourth-order valence-corrected chi connectivity index (χ4v) is 1.20. The first kappa shape index (κ1) is 7.91. The Labute approximate surface area is 73.5 Å². The molecule has 0 aliphatic rings. The normalized spacial score (nSPS) is 10.6. The molecule has 0 fully saturated rings. The predicted octanol–water partition coefficient (Wildman–Crippen LogP) is 1.07. The molecule has 1 aromatic heterocycles. The summed E-state index contributed by atoms with van der Waals surface area (Å²) < 4.78 is 14.2. The molecule has 66 valence electrons. The molecule has 0 radical (unpaired) electrons. The zero-order valence-electron chi connectivity index (χ0n) is 6.99. The average Bonchev–Trinajstić information content (AvgIpc) is 2.12. The van der Waals surface area contributed by atoms with E-state index in [1.54, 1.807) is 13.1 Å². The Morgan fingerprint density at radius 2 is 2.23 bits per heavy atom. The van der Waals surface area contributed by atoms with Gasteiger partial charge in [0.2, 0.25) is 0 Å². The Balaban J connectivity index is 2.97. The highest BCUT2D eigenvalue weighted by Gasteiger charge is 2.00. The van der Waals surface area contributed by atoms with Crippen molar-refractivity contribution in [1.82, 2.24) is 9.55 Å². The summed E-state index contributed by atoms with van der Waals surface area (Å²) in [6, 6.07) is 4.16. The minimum absolute atomic E-state index is 0.238. The largest absolute Gasteiger partial charge is 0.308 e. The summed E-state index contributed by atoms with van der Waals surface area (Å²) in [7, 11) is 1.59. The molecular formula is C9H7FN2O. The zero-order chi connectivity index (χ0) is 9.42. The van der Waals surface area contributed by atoms with Gasteiger partial charge in [0.25, 0.3) is 5.56 Å². The summed E-state index contributed by atoms with van der Waals surface area (Å²) in [5.74, 6) is -0.365. The van der Waals surface area contributed by atoms with E-state index in [1.807, 2.05) is 0 Å². The number of nitrogens with zero attached hydrogens (tertiary/aromatic N) is 2. The first-order valence-corrected chi connectivity index (χ1v) is 3.80. The summed E-state index contributed by atoms with van der Waals surface area (Å²) >= 11 is 0. The molecule has 2 rings (SSSR count). The van der Waals surface area contributed by atoms with Gasteiger partial charge in [0.05, 0.1) is 17.2 Å². The lowest BCUT2D eigenvalue weighted by Crippen LogP contribution is -2.16. The minimum Gasteiger partial charge on any atom is -0.308 e. The molecule has 4 heteroatoms. The highest BCUT2D eigenvalue weighted by Crippen LogP contribution is 2.09. The molecule has 0 atom stereocenters. The Morgan fingerprint density at radius 3 is 3.00 bits per heavy atom. The monoisotopic (exact) mass is 178 g/mol. The summed E-state index contributed by atoms with van der Waals surface area (Å²) in [5.41, 5.74) is 0.883. The molecule has 0 saturated carbocycles. The quantitative estimate of drug-likeness (QED) is 0.604. The molecule has 1 heterocycles. The van der Waals surface area contributed by atoms with Crippen molar-refractivity contribution in [3.8, 4) is 0 Å². The van der Waals surface area contributed by atoms with Crippen LogP contribution >= 0.6 is 0 Å². The summed E-state index contributed by atoms with van der Waals surface area (Å²) in [6.07, 6.45) is 1.22. The standard InChI is InChI=1S/C9H7FN2O/c1-12-8-4-6(10)2-3-7(8)11-5-9(12)13/h2-5H,1H3. The van der Waals surface area contributed by atoms with Crippen LogP contribution in [-0.4, -0.2) is 9.55 Å². The molecule has 0 N–H and O–H groups in total. The van der Waals surface area contributed by atoms with E-state index >= 15 is 0 Å². The molecule has 2 aromatic rings. The molecule has 0 aliphatic carbocycles. The third kappa shape index (κ3) is 1.20. The SMILES string of the molecule is Cn1c(=O)cnc2ccc(F)cc21. The van der Waals surface area contributed by atoms with Crippen molar-refractivity contribution in [1.29, 1.82) is 0 Å². The van der Waals surface area contributed by atoms with Crippen LogP contribution < -0.4 is 5.56 Å². The van der Waals surface area contributed by atoms with Gasteiger partial charge in [-0.3, -0.25) is 4.79 Å². The smallest absolute Gasteiger partial charge is 0.269 e. The lowest BCUT2D eigenvalue weighted by Gasteiger charge is -2.02. The highest BCUT2D eigenvalue weighted by molar-refractivity contribution is 5.74. The van der Waals surface area contributed by atoms with Gasteiger partial charge in [0.15, 0.2) is 0 Å². The average molecular weight is 178 g/mol. The maximum absolute atomic E-state index is 12.8. The van der Waals surface area contributed by atoms with Gasteiger partial charge in [0.1, 0.15) is 5.82 Å². The topological polar surface area (TPSA) is 34.9 Å². The molecule has 13 heavy (non-hydrogen) atoms. The van der Waals surface area contributed by atoms with Gasteiger partial charge in [-0.05, 0) is 18.2 Å². The number of benzene rings is 1. The van der Waals surface area contributed by atoms with Crippen LogP contribution in [0.2, 0.25) is 0 Å². The molecule has 0 saturated heterocycles. The van der Waals surface area contributed by atoms with Crippen LogP contribution in [0, 0.1) is 5.82 Å². The van der Waals surface area contributed by atoms with Crippen LogP contribution in [0.1, 0.15) is 0 Å². The van der Waals surface area contributed by atoms with Crippen LogP contribution in [0.15, 0.2) is 29.2 Å². The fraction of sp³-hybridized carbons (Fsp3) is 0.111. The molecule has 1 aromatic carbocycles. The molecule has 0 unspecified atom stereocenters. The first-order chi connectivity index (χ1) is 6.18. The number of hydrogen-bond acceptors (Lipinski definition) is 2. The van der Waals surface area contributed by atoms with Gasteiger partial charge >= 0.3 is 0 Å². The van der Waals surface area contributed by atoms with Crippen molar-refractivity contribution in [2.45, 2.75) is 0 Å². The Hall–Kier alpha value is -1.71. The second kappa shape index (κ2) is 2.65. The number of aromatic nitrogens is 2. The Morgan fingerprint density at radius 1 is 1.46 bits per heavy atom. The van der Waals surface area contributed by atoms with Gasteiger partial charge in [-0.1, -0.05) is 0 Å². The van der Waals surface area contributed by atoms with Gasteiger partial charge in [-0.2, -0.15) is 0 Å². The second-order valence-corrected chi connectivity index (χ2v) is 2.79. The van der Waals surface area contributed by atoms with E-state index < -0.39 is 0 Å². The van der Waals surface area contributed by atoms with Gasteiger partial charge < -0.3 is 4.57 Å². The van der Waals surface area contributed by atoms with Crippen LogP contribution in [0.25, 0.3) is 11.0 Å². The Bertz CT molecular complexity index is 518. The van der Waals surface area contributed by atoms with E-state index in [-0.39, 0.29) is 11.4 Å². The molecule has 3 nitrogen and oxygen atoms in total. The van der Waals surface area contributed by atoms with Crippen LogP contribution in [0.4, 0.5) is 4.39 Å². The van der Waals surface area contributed by atoms with E-state index in [0.29, 0.717) is 11.0 Å². The predicted molar refractivity (Wildman–Crippen MR) is 46.9 cm³/mol. The third-order valence-corrected chi connectivity index (χ3v) is 1.94. The van der Waals surface area contributed by atoms with Crippen LogP contribution in [-0.2, 0) is 7.05 Å². The van der Waals surface area contributed by atoms with Gasteiger partial charge in [-0.15, -0.1) is 0 Å². The van der Waals surface area contributed by atoms with Gasteiger partial charge in [0, 0.05) is 7.05 Å². The third-order valence-electron chi connectivity index (χ3n) is 1.94. The van der Waals surface area contributed by atoms with Gasteiger partial charge in [-0.25, -0.2) is 9.37 Å². The zero-order valence-corrected chi connectivity index (χ0v) is 6.99. The van der Waals surface area contributed by atoms with Crippen molar-refractivity contribution in [3.63, 3.8) is 0 Å². The van der Waals surface area contributed by atoms with Crippen LogP contribution in [0.3, 0.4) is 0 Å². The minimum atomic E-state index is -0.365. The van der Waals surface area contributed by atoms with E-state index in [1.165, 1.54) is 22.9 Å². The summed E-state index contributed by atoms with van der Waals surface area (Å²) in [4.78, 5) is 15.0. The van der Waals surface area contributed by atoms with E-state index in [4.69, 9.17) is 0 Å². The molecule has 0 amide bonds. The molecule has 0 spiro atoms. The Kier molecular flexibility index (Phi) is 1.62. The maximum Gasteiger partial charge on any atom is 0.269 e. The first-order valence-electron chi connectivity index (χ1n) is 3.80. The fourth-order valence-electron chi connectivity index (χ4n) is 1.20. The second-order valence-electron chi connectivity index (χ2n) is 2.79. The van der Waals surface area contributed by atoms with Crippen molar-refractivity contribution in [2.24, 2.45) is 7.05 Å². The van der Waals surface area contributed by atoms with Crippen molar-refractivity contribution < 1.29 is 4.39 Å². The number of aryl methyl sites for hydroxylation is 1. The highest BCUT2D eigenvalue weighted by atomic mass is 19.1. The van der Waals surface area contributed by atoms with Crippen molar-refractivity contribution in [2.75, 3.05) is 0 Å². The van der Waals surface area contributed by atoms with E-state index in [9.17, 15) is 9.18 Å². The number of rotatable bonds is 0. The van der Waals surface area contributed by atoms with Crippen molar-refractivity contribution in [3.05, 3.63) is 40.6 Å². The summed E-state index contributed by atoms with van der Waals surface area (Å²) in [6.45, 7) is 0. The van der Waals surface area contributed by atoms with E-state index in [2.05, 4.69) is 4.98 Å².